The number of benzene rings is 3. The van der Waals surface area contributed by atoms with E-state index in [1.807, 2.05) is 28.8 Å². The standard InChI is InChI=1S/C34H35F3N4O5/c1-22-29(32(42)38-18-28-21-44-16-17-45-28)10-11-31-30(22)20-41(39-31)19-23-12-14-40(15-13-23)33(43)24-2-6-26(7-3-24)46-27-8-4-25(5-9-27)34(35,36)37/h2-11,20,23,28H,12-19,21H2,1H3,(H,38,42). The summed E-state index contributed by atoms with van der Waals surface area (Å²) in [5.74, 6) is 0.817. The molecule has 4 aromatic rings. The minimum Gasteiger partial charge on any atom is -0.457 e. The maximum atomic E-state index is 13.2. The second-order valence-corrected chi connectivity index (χ2v) is 11.7. The predicted octanol–water partition coefficient (Wildman–Crippen LogP) is 5.85. The third-order valence-electron chi connectivity index (χ3n) is 8.49. The van der Waals surface area contributed by atoms with Gasteiger partial charge in [-0.25, -0.2) is 0 Å². The number of rotatable bonds is 8. The molecule has 1 atom stereocenters. The quantitative estimate of drug-likeness (QED) is 0.261. The molecule has 0 bridgehead atoms. The lowest BCUT2D eigenvalue weighted by molar-refractivity contribution is -0.137. The van der Waals surface area contributed by atoms with E-state index in [1.54, 1.807) is 30.3 Å². The molecule has 3 aromatic carbocycles. The lowest BCUT2D eigenvalue weighted by atomic mass is 9.96. The van der Waals surface area contributed by atoms with E-state index in [4.69, 9.17) is 19.3 Å². The smallest absolute Gasteiger partial charge is 0.416 e. The number of likely N-dealkylation sites (tertiary alicyclic amines) is 1. The van der Waals surface area contributed by atoms with Crippen LogP contribution in [0.5, 0.6) is 11.5 Å². The molecule has 12 heteroatoms. The van der Waals surface area contributed by atoms with Crippen LogP contribution in [0.4, 0.5) is 13.2 Å². The number of hydrogen-bond donors (Lipinski definition) is 1. The van der Waals surface area contributed by atoms with Crippen LogP contribution in [0.25, 0.3) is 10.9 Å². The molecule has 1 unspecified atom stereocenters. The van der Waals surface area contributed by atoms with E-state index in [9.17, 15) is 22.8 Å². The molecule has 2 saturated heterocycles. The lowest BCUT2D eigenvalue weighted by Crippen LogP contribution is -2.39. The van der Waals surface area contributed by atoms with Crippen LogP contribution in [0.2, 0.25) is 0 Å². The van der Waals surface area contributed by atoms with Gasteiger partial charge in [0.15, 0.2) is 0 Å². The number of hydrogen-bond acceptors (Lipinski definition) is 6. The van der Waals surface area contributed by atoms with Gasteiger partial charge in [0.05, 0.1) is 37.0 Å². The highest BCUT2D eigenvalue weighted by Gasteiger charge is 2.30. The molecule has 2 aliphatic heterocycles. The molecule has 1 N–H and O–H groups in total. The monoisotopic (exact) mass is 636 g/mol. The normalized spacial score (nSPS) is 17.7. The van der Waals surface area contributed by atoms with Crippen LogP contribution in [0.1, 0.15) is 44.7 Å². The van der Waals surface area contributed by atoms with Gasteiger partial charge >= 0.3 is 6.18 Å². The fourth-order valence-electron chi connectivity index (χ4n) is 5.86. The Labute approximate surface area is 264 Å². The van der Waals surface area contributed by atoms with Crippen LogP contribution in [-0.2, 0) is 22.2 Å². The summed E-state index contributed by atoms with van der Waals surface area (Å²) in [6.45, 7) is 5.85. The average molecular weight is 637 g/mol. The molecule has 2 aliphatic rings. The number of carbonyl (C=O) groups excluding carboxylic acids is 2. The molecule has 2 fully saturated rings. The summed E-state index contributed by atoms with van der Waals surface area (Å²) in [7, 11) is 0. The SMILES string of the molecule is Cc1c(C(=O)NCC2COCCO2)ccc2nn(CC3CCN(C(=O)c4ccc(Oc5ccc(C(F)(F)F)cc5)cc4)CC3)cc12. The minimum atomic E-state index is -4.41. The Hall–Kier alpha value is -4.42. The van der Waals surface area contributed by atoms with Gasteiger partial charge in [0.2, 0.25) is 0 Å². The number of carbonyl (C=O) groups is 2. The summed E-state index contributed by atoms with van der Waals surface area (Å²) in [5.41, 5.74) is 2.08. The van der Waals surface area contributed by atoms with Crippen molar-refractivity contribution in [3.63, 3.8) is 0 Å². The first-order valence-electron chi connectivity index (χ1n) is 15.3. The number of halogens is 3. The highest BCUT2D eigenvalue weighted by Crippen LogP contribution is 2.32. The Balaban J connectivity index is 1.00. The molecule has 2 amide bonds. The summed E-state index contributed by atoms with van der Waals surface area (Å²) in [6, 6.07) is 14.7. The number of nitrogens with one attached hydrogen (secondary N) is 1. The molecule has 0 radical (unpaired) electrons. The summed E-state index contributed by atoms with van der Waals surface area (Å²) in [5, 5.41) is 8.63. The van der Waals surface area contributed by atoms with Gasteiger partial charge in [0, 0.05) is 48.9 Å². The maximum absolute atomic E-state index is 13.2. The van der Waals surface area contributed by atoms with Crippen LogP contribution in [-0.4, -0.2) is 72.1 Å². The molecule has 1 aromatic heterocycles. The first kappa shape index (κ1) is 31.6. The predicted molar refractivity (Wildman–Crippen MR) is 164 cm³/mol. The number of amides is 2. The van der Waals surface area contributed by atoms with Crippen molar-refractivity contribution in [2.45, 2.75) is 38.6 Å². The zero-order chi connectivity index (χ0) is 32.3. The number of nitrogens with zero attached hydrogens (tertiary/aromatic N) is 3. The van der Waals surface area contributed by atoms with E-state index in [-0.39, 0.29) is 23.7 Å². The van der Waals surface area contributed by atoms with E-state index in [1.165, 1.54) is 12.1 Å². The summed E-state index contributed by atoms with van der Waals surface area (Å²) < 4.78 is 57.0. The van der Waals surface area contributed by atoms with E-state index in [2.05, 4.69) is 5.32 Å². The molecule has 9 nitrogen and oxygen atoms in total. The van der Waals surface area contributed by atoms with Gasteiger partial charge in [0.25, 0.3) is 11.8 Å². The molecule has 0 spiro atoms. The summed E-state index contributed by atoms with van der Waals surface area (Å²) in [6.07, 6.45) is -0.900. The molecule has 0 saturated carbocycles. The molecule has 0 aliphatic carbocycles. The molecular formula is C34H35F3N4O5. The minimum absolute atomic E-state index is 0.0756. The van der Waals surface area contributed by atoms with Crippen molar-refractivity contribution in [2.75, 3.05) is 39.5 Å². The molecule has 6 rings (SSSR count). The second kappa shape index (κ2) is 13.5. The Morgan fingerprint density at radius 2 is 1.67 bits per heavy atom. The van der Waals surface area contributed by atoms with Gasteiger partial charge in [-0.05, 0) is 91.9 Å². The van der Waals surface area contributed by atoms with Crippen molar-refractivity contribution in [1.29, 1.82) is 0 Å². The van der Waals surface area contributed by atoms with Crippen molar-refractivity contribution in [3.05, 3.63) is 89.1 Å². The van der Waals surface area contributed by atoms with E-state index in [0.717, 1.165) is 41.4 Å². The van der Waals surface area contributed by atoms with Crippen molar-refractivity contribution in [2.24, 2.45) is 5.92 Å². The first-order valence-corrected chi connectivity index (χ1v) is 15.3. The van der Waals surface area contributed by atoms with Crippen LogP contribution in [0.3, 0.4) is 0 Å². The number of aryl methyl sites for hydroxylation is 1. The highest BCUT2D eigenvalue weighted by molar-refractivity contribution is 6.00. The summed E-state index contributed by atoms with van der Waals surface area (Å²) in [4.78, 5) is 27.9. The first-order chi connectivity index (χ1) is 22.1. The van der Waals surface area contributed by atoms with Gasteiger partial charge in [-0.2, -0.15) is 18.3 Å². The maximum Gasteiger partial charge on any atom is 0.416 e. The Bertz CT molecular complexity index is 1670. The van der Waals surface area contributed by atoms with Gasteiger partial charge in [-0.1, -0.05) is 0 Å². The van der Waals surface area contributed by atoms with Gasteiger partial charge in [0.1, 0.15) is 11.5 Å². The van der Waals surface area contributed by atoms with E-state index < -0.39 is 11.7 Å². The van der Waals surface area contributed by atoms with Crippen LogP contribution in [0, 0.1) is 12.8 Å². The van der Waals surface area contributed by atoms with Crippen LogP contribution >= 0.6 is 0 Å². The van der Waals surface area contributed by atoms with Crippen molar-refractivity contribution >= 4 is 22.7 Å². The number of fused-ring (bicyclic) bond motifs is 1. The number of ether oxygens (including phenoxy) is 3. The van der Waals surface area contributed by atoms with Gasteiger partial charge < -0.3 is 24.4 Å². The van der Waals surface area contributed by atoms with Gasteiger partial charge in [-0.3, -0.25) is 14.3 Å². The fourth-order valence-corrected chi connectivity index (χ4v) is 5.86. The molecule has 242 valence electrons. The second-order valence-electron chi connectivity index (χ2n) is 11.7. The third kappa shape index (κ3) is 7.34. The van der Waals surface area contributed by atoms with Crippen molar-refractivity contribution in [1.82, 2.24) is 20.0 Å². The van der Waals surface area contributed by atoms with Crippen molar-refractivity contribution in [3.8, 4) is 11.5 Å². The van der Waals surface area contributed by atoms with Crippen LogP contribution in [0.15, 0.2) is 66.9 Å². The number of aromatic nitrogens is 2. The van der Waals surface area contributed by atoms with Crippen molar-refractivity contribution < 1.29 is 37.0 Å². The highest BCUT2D eigenvalue weighted by atomic mass is 19.4. The zero-order valence-electron chi connectivity index (χ0n) is 25.4. The Morgan fingerprint density at radius 1 is 0.978 bits per heavy atom. The van der Waals surface area contributed by atoms with Gasteiger partial charge in [-0.15, -0.1) is 0 Å². The molecule has 3 heterocycles. The summed E-state index contributed by atoms with van der Waals surface area (Å²) >= 11 is 0. The Kier molecular flexibility index (Phi) is 9.27. The van der Waals surface area contributed by atoms with E-state index in [0.29, 0.717) is 68.8 Å². The fraction of sp³-hybridized carbons (Fsp3) is 0.382. The molecular weight excluding hydrogens is 601 g/mol. The largest absolute Gasteiger partial charge is 0.457 e. The lowest BCUT2D eigenvalue weighted by Gasteiger charge is -2.32. The molecule has 46 heavy (non-hydrogen) atoms. The number of piperidine rings is 1. The Morgan fingerprint density at radius 3 is 2.33 bits per heavy atom. The zero-order valence-corrected chi connectivity index (χ0v) is 25.4. The van der Waals surface area contributed by atoms with E-state index >= 15 is 0 Å². The van der Waals surface area contributed by atoms with Crippen LogP contribution < -0.4 is 10.1 Å². The number of alkyl halides is 3. The third-order valence-corrected chi connectivity index (χ3v) is 8.49. The average Bonchev–Trinajstić information content (AvgIpc) is 3.48. The topological polar surface area (TPSA) is 94.9 Å².